The van der Waals surface area contributed by atoms with Gasteiger partial charge in [-0.25, -0.2) is 8.78 Å². The summed E-state index contributed by atoms with van der Waals surface area (Å²) in [7, 11) is 0. The molecule has 1 fully saturated rings. The van der Waals surface area contributed by atoms with E-state index >= 15 is 0 Å². The van der Waals surface area contributed by atoms with E-state index in [0.717, 1.165) is 28.6 Å². The minimum atomic E-state index is -0.795. The van der Waals surface area contributed by atoms with Crippen LogP contribution < -0.4 is 0 Å². The number of ketones is 1. The molecule has 1 N–H and O–H groups in total. The Morgan fingerprint density at radius 3 is 2.30 bits per heavy atom. The van der Waals surface area contributed by atoms with Gasteiger partial charge in [0.05, 0.1) is 30.3 Å². The van der Waals surface area contributed by atoms with Crippen molar-refractivity contribution in [1.82, 2.24) is 14.7 Å². The number of hydrogen-bond acceptors (Lipinski definition) is 5. The number of rotatable bonds is 8. The Labute approximate surface area is 217 Å². The number of carboxylic acids is 1. The maximum absolute atomic E-state index is 13.9. The molecule has 37 heavy (non-hydrogen) atoms. The lowest BCUT2D eigenvalue weighted by Gasteiger charge is -2.27. The summed E-state index contributed by atoms with van der Waals surface area (Å²) in [6, 6.07) is 3.02. The SMILES string of the molecule is Cc1csc(C)c1C(=O)CN(Cc1cc(F)cc(F)c1)C(=O)c1cnn([C@H]2CC[C@H](C(=O)O)CC2)c1C. The van der Waals surface area contributed by atoms with Gasteiger partial charge in [-0.1, -0.05) is 0 Å². The van der Waals surface area contributed by atoms with E-state index in [0.29, 0.717) is 42.5 Å². The highest BCUT2D eigenvalue weighted by molar-refractivity contribution is 7.10. The number of hydrogen-bond donors (Lipinski definition) is 1. The van der Waals surface area contributed by atoms with Crippen LogP contribution in [0.4, 0.5) is 8.78 Å². The minimum absolute atomic E-state index is 0.0272. The standard InChI is InChI=1S/C27H29F2N3O4S/c1-15-14-37-17(3)25(15)24(33)13-31(12-18-8-20(28)10-21(29)9-18)26(34)23-11-30-32(16(23)2)22-6-4-19(5-7-22)27(35)36/h8-11,14,19,22H,4-7,12-13H2,1-3H3,(H,35,36)/t19-,22-. The van der Waals surface area contributed by atoms with Gasteiger partial charge in [0.25, 0.3) is 5.91 Å². The van der Waals surface area contributed by atoms with Crippen LogP contribution in [-0.2, 0) is 11.3 Å². The number of nitrogens with zero attached hydrogens (tertiary/aromatic N) is 3. The average Bonchev–Trinajstić information content (AvgIpc) is 3.38. The van der Waals surface area contributed by atoms with Gasteiger partial charge >= 0.3 is 5.97 Å². The number of carboxylic acid groups (broad SMARTS) is 1. The third-order valence-electron chi connectivity index (χ3n) is 7.02. The molecule has 2 heterocycles. The number of benzene rings is 1. The topological polar surface area (TPSA) is 92.5 Å². The van der Waals surface area contributed by atoms with Crippen molar-refractivity contribution >= 4 is 29.0 Å². The normalized spacial score (nSPS) is 17.5. The predicted octanol–water partition coefficient (Wildman–Crippen LogP) is 5.49. The quantitative estimate of drug-likeness (QED) is 0.390. The number of thiophene rings is 1. The Hall–Kier alpha value is -3.40. The molecule has 0 bridgehead atoms. The monoisotopic (exact) mass is 529 g/mol. The number of aliphatic carboxylic acids is 1. The van der Waals surface area contributed by atoms with E-state index in [2.05, 4.69) is 5.10 Å². The molecular formula is C27H29F2N3O4S. The van der Waals surface area contributed by atoms with Gasteiger partial charge in [0.1, 0.15) is 11.6 Å². The van der Waals surface area contributed by atoms with Crippen LogP contribution in [0.2, 0.25) is 0 Å². The van der Waals surface area contributed by atoms with Gasteiger partial charge in [0, 0.05) is 28.7 Å². The Morgan fingerprint density at radius 2 is 1.73 bits per heavy atom. The molecule has 2 aromatic heterocycles. The number of aryl methyl sites for hydroxylation is 2. The Kier molecular flexibility index (Phi) is 7.87. The largest absolute Gasteiger partial charge is 0.481 e. The second-order valence-corrected chi connectivity index (χ2v) is 10.7. The molecule has 4 rings (SSSR count). The summed E-state index contributed by atoms with van der Waals surface area (Å²) in [5.41, 5.74) is 2.50. The van der Waals surface area contributed by atoms with Gasteiger partial charge in [-0.2, -0.15) is 5.10 Å². The minimum Gasteiger partial charge on any atom is -0.481 e. The smallest absolute Gasteiger partial charge is 0.306 e. The van der Waals surface area contributed by atoms with Crippen LogP contribution >= 0.6 is 11.3 Å². The van der Waals surface area contributed by atoms with E-state index < -0.39 is 23.5 Å². The first-order valence-corrected chi connectivity index (χ1v) is 13.0. The van der Waals surface area contributed by atoms with Crippen molar-refractivity contribution < 1.29 is 28.3 Å². The van der Waals surface area contributed by atoms with Crippen LogP contribution in [0.1, 0.15) is 74.1 Å². The van der Waals surface area contributed by atoms with E-state index in [1.165, 1.54) is 22.4 Å². The number of carbonyl (C=O) groups excluding carboxylic acids is 2. The van der Waals surface area contributed by atoms with E-state index in [9.17, 15) is 28.3 Å². The fourth-order valence-corrected chi connectivity index (χ4v) is 5.97. The molecular weight excluding hydrogens is 500 g/mol. The summed E-state index contributed by atoms with van der Waals surface area (Å²) in [5, 5.41) is 15.6. The van der Waals surface area contributed by atoms with Gasteiger partial charge in [0.2, 0.25) is 0 Å². The third kappa shape index (κ3) is 5.79. The molecule has 3 aromatic rings. The van der Waals surface area contributed by atoms with Crippen molar-refractivity contribution in [2.24, 2.45) is 5.92 Å². The first kappa shape index (κ1) is 26.7. The average molecular weight is 530 g/mol. The van der Waals surface area contributed by atoms with Crippen molar-refractivity contribution in [2.75, 3.05) is 6.54 Å². The molecule has 7 nitrogen and oxygen atoms in total. The maximum Gasteiger partial charge on any atom is 0.306 e. The van der Waals surface area contributed by atoms with Crippen LogP contribution in [0.5, 0.6) is 0 Å². The second kappa shape index (κ2) is 10.9. The van der Waals surface area contributed by atoms with Crippen molar-refractivity contribution in [2.45, 2.75) is 59.0 Å². The van der Waals surface area contributed by atoms with Gasteiger partial charge in [-0.15, -0.1) is 11.3 Å². The number of halogens is 2. The molecule has 0 spiro atoms. The van der Waals surface area contributed by atoms with Crippen LogP contribution in [0, 0.1) is 38.3 Å². The number of carbonyl (C=O) groups is 3. The molecule has 0 unspecified atom stereocenters. The molecule has 1 amide bonds. The highest BCUT2D eigenvalue weighted by Crippen LogP contribution is 2.33. The molecule has 0 radical (unpaired) electrons. The summed E-state index contributed by atoms with van der Waals surface area (Å²) in [4.78, 5) is 40.4. The Balaban J connectivity index is 1.61. The van der Waals surface area contributed by atoms with Gasteiger partial charge in [0.15, 0.2) is 5.78 Å². The van der Waals surface area contributed by atoms with Crippen LogP contribution in [0.15, 0.2) is 29.8 Å². The number of Topliss-reactive ketones (excluding diaryl/α,β-unsaturated/α-hetero) is 1. The summed E-state index contributed by atoms with van der Waals surface area (Å²) < 4.78 is 29.5. The second-order valence-electron chi connectivity index (χ2n) is 9.64. The summed E-state index contributed by atoms with van der Waals surface area (Å²) in [6.07, 6.45) is 3.79. The number of amides is 1. The summed E-state index contributed by atoms with van der Waals surface area (Å²) in [6.45, 7) is 5.02. The maximum atomic E-state index is 13.9. The van der Waals surface area contributed by atoms with Crippen LogP contribution in [-0.4, -0.2) is 44.0 Å². The van der Waals surface area contributed by atoms with Gasteiger partial charge < -0.3 is 10.0 Å². The first-order chi connectivity index (χ1) is 17.5. The lowest BCUT2D eigenvalue weighted by molar-refractivity contribution is -0.143. The Bertz CT molecular complexity index is 1300. The zero-order chi connectivity index (χ0) is 26.9. The molecule has 1 aliphatic rings. The molecule has 1 aromatic carbocycles. The Morgan fingerprint density at radius 1 is 1.08 bits per heavy atom. The van der Waals surface area contributed by atoms with Crippen LogP contribution in [0.25, 0.3) is 0 Å². The van der Waals surface area contributed by atoms with E-state index in [4.69, 9.17) is 0 Å². The highest BCUT2D eigenvalue weighted by atomic mass is 32.1. The molecule has 196 valence electrons. The molecule has 0 aliphatic heterocycles. The van der Waals surface area contributed by atoms with E-state index in [-0.39, 0.29) is 36.4 Å². The van der Waals surface area contributed by atoms with Gasteiger partial charge in [-0.05, 0) is 75.1 Å². The van der Waals surface area contributed by atoms with Crippen molar-refractivity contribution in [3.8, 4) is 0 Å². The molecule has 1 saturated carbocycles. The van der Waals surface area contributed by atoms with Crippen molar-refractivity contribution in [3.05, 3.63) is 74.2 Å². The van der Waals surface area contributed by atoms with Gasteiger partial charge in [-0.3, -0.25) is 19.1 Å². The molecule has 1 aliphatic carbocycles. The van der Waals surface area contributed by atoms with Crippen molar-refractivity contribution in [1.29, 1.82) is 0 Å². The third-order valence-corrected chi connectivity index (χ3v) is 8.05. The molecule has 10 heteroatoms. The predicted molar refractivity (Wildman–Crippen MR) is 135 cm³/mol. The highest BCUT2D eigenvalue weighted by Gasteiger charge is 2.30. The molecule has 0 atom stereocenters. The zero-order valence-corrected chi connectivity index (χ0v) is 21.8. The van der Waals surface area contributed by atoms with E-state index in [1.807, 2.05) is 19.2 Å². The lowest BCUT2D eigenvalue weighted by atomic mass is 9.86. The fourth-order valence-electron chi connectivity index (χ4n) is 5.10. The zero-order valence-electron chi connectivity index (χ0n) is 21.0. The van der Waals surface area contributed by atoms with Crippen LogP contribution in [0.3, 0.4) is 0 Å². The fraction of sp³-hybridized carbons (Fsp3) is 0.407. The van der Waals surface area contributed by atoms with Crippen molar-refractivity contribution in [3.63, 3.8) is 0 Å². The number of aromatic nitrogens is 2. The summed E-state index contributed by atoms with van der Waals surface area (Å²) >= 11 is 1.45. The molecule has 0 saturated heterocycles. The van der Waals surface area contributed by atoms with E-state index in [1.54, 1.807) is 11.6 Å². The first-order valence-electron chi connectivity index (χ1n) is 12.1. The lowest BCUT2D eigenvalue weighted by Crippen LogP contribution is -2.36. The summed E-state index contributed by atoms with van der Waals surface area (Å²) in [5.74, 6) is -3.41.